The fourth-order valence-corrected chi connectivity index (χ4v) is 3.56. The number of nitrogens with zero attached hydrogens (tertiary/aromatic N) is 2. The SMILES string of the molecule is O=C(c1ccc(Cl)c([N+](=O)[O-])c1)N1CC2CCCC2C1. The molecule has 20 heavy (non-hydrogen) atoms. The third-order valence-electron chi connectivity index (χ3n) is 4.40. The molecule has 0 aromatic heterocycles. The zero-order valence-corrected chi connectivity index (χ0v) is 11.7. The van der Waals surface area contributed by atoms with Gasteiger partial charge < -0.3 is 4.90 Å². The minimum Gasteiger partial charge on any atom is -0.338 e. The third kappa shape index (κ3) is 2.26. The van der Waals surface area contributed by atoms with Crippen molar-refractivity contribution in [3.05, 3.63) is 38.9 Å². The Morgan fingerprint density at radius 3 is 2.55 bits per heavy atom. The van der Waals surface area contributed by atoms with Gasteiger partial charge in [-0.25, -0.2) is 0 Å². The summed E-state index contributed by atoms with van der Waals surface area (Å²) in [6, 6.07) is 4.26. The number of likely N-dealkylation sites (tertiary alicyclic amines) is 1. The van der Waals surface area contributed by atoms with Gasteiger partial charge in [0.05, 0.1) is 4.92 Å². The summed E-state index contributed by atoms with van der Waals surface area (Å²) in [5.41, 5.74) is 0.137. The Morgan fingerprint density at radius 2 is 1.95 bits per heavy atom. The van der Waals surface area contributed by atoms with Gasteiger partial charge in [0.15, 0.2) is 0 Å². The minimum absolute atomic E-state index is 0.0600. The predicted molar refractivity (Wildman–Crippen MR) is 74.8 cm³/mol. The van der Waals surface area contributed by atoms with Crippen LogP contribution in [-0.4, -0.2) is 28.8 Å². The summed E-state index contributed by atoms with van der Waals surface area (Å²) in [5, 5.41) is 10.9. The molecule has 1 saturated carbocycles. The van der Waals surface area contributed by atoms with E-state index in [4.69, 9.17) is 11.6 Å². The van der Waals surface area contributed by atoms with Gasteiger partial charge in [-0.15, -0.1) is 0 Å². The van der Waals surface area contributed by atoms with Crippen molar-refractivity contribution in [2.45, 2.75) is 19.3 Å². The van der Waals surface area contributed by atoms with Crippen LogP contribution in [0.5, 0.6) is 0 Å². The predicted octanol–water partition coefficient (Wildman–Crippen LogP) is 3.12. The lowest BCUT2D eigenvalue weighted by atomic mass is 10.0. The molecule has 1 aliphatic carbocycles. The van der Waals surface area contributed by atoms with E-state index >= 15 is 0 Å². The summed E-state index contributed by atoms with van der Waals surface area (Å²) in [6.07, 6.45) is 3.63. The van der Waals surface area contributed by atoms with Crippen LogP contribution >= 0.6 is 11.6 Å². The molecule has 0 bridgehead atoms. The number of carbonyl (C=O) groups excluding carboxylic acids is 1. The molecule has 2 aliphatic rings. The van der Waals surface area contributed by atoms with Gasteiger partial charge in [0.2, 0.25) is 0 Å². The first-order valence-corrected chi connectivity index (χ1v) is 7.17. The first kappa shape index (κ1) is 13.4. The molecule has 6 heteroatoms. The van der Waals surface area contributed by atoms with Crippen LogP contribution in [0.2, 0.25) is 5.02 Å². The van der Waals surface area contributed by atoms with Gasteiger partial charge in [-0.2, -0.15) is 0 Å². The van der Waals surface area contributed by atoms with Crippen molar-refractivity contribution < 1.29 is 9.72 Å². The Balaban J connectivity index is 1.81. The Kier molecular flexibility index (Phi) is 3.38. The fourth-order valence-electron chi connectivity index (χ4n) is 3.37. The molecule has 1 saturated heterocycles. The molecular formula is C14H15ClN2O3. The van der Waals surface area contributed by atoms with Crippen molar-refractivity contribution in [1.82, 2.24) is 4.90 Å². The van der Waals surface area contributed by atoms with E-state index in [0.29, 0.717) is 17.4 Å². The topological polar surface area (TPSA) is 63.4 Å². The van der Waals surface area contributed by atoms with Gasteiger partial charge >= 0.3 is 0 Å². The molecule has 1 aliphatic heterocycles. The minimum atomic E-state index is -0.558. The fraction of sp³-hybridized carbons (Fsp3) is 0.500. The van der Waals surface area contributed by atoms with Crippen LogP contribution in [0.15, 0.2) is 18.2 Å². The average Bonchev–Trinajstić information content (AvgIpc) is 2.98. The largest absolute Gasteiger partial charge is 0.338 e. The second kappa shape index (κ2) is 5.05. The maximum absolute atomic E-state index is 12.4. The van der Waals surface area contributed by atoms with Crippen molar-refractivity contribution in [2.24, 2.45) is 11.8 Å². The molecular weight excluding hydrogens is 280 g/mol. The van der Waals surface area contributed by atoms with Crippen molar-refractivity contribution in [1.29, 1.82) is 0 Å². The molecule has 1 amide bonds. The van der Waals surface area contributed by atoms with Crippen molar-refractivity contribution in [3.8, 4) is 0 Å². The Labute approximate surface area is 121 Å². The van der Waals surface area contributed by atoms with Crippen LogP contribution in [0.25, 0.3) is 0 Å². The maximum Gasteiger partial charge on any atom is 0.288 e. The van der Waals surface area contributed by atoms with Crippen molar-refractivity contribution in [3.63, 3.8) is 0 Å². The van der Waals surface area contributed by atoms with Gasteiger partial charge in [-0.3, -0.25) is 14.9 Å². The van der Waals surface area contributed by atoms with Gasteiger partial charge in [0, 0.05) is 24.7 Å². The summed E-state index contributed by atoms with van der Waals surface area (Å²) < 4.78 is 0. The zero-order valence-electron chi connectivity index (χ0n) is 10.9. The summed E-state index contributed by atoms with van der Waals surface area (Å²) in [7, 11) is 0. The van der Waals surface area contributed by atoms with Crippen molar-refractivity contribution >= 4 is 23.2 Å². The number of amides is 1. The monoisotopic (exact) mass is 294 g/mol. The number of benzene rings is 1. The lowest BCUT2D eigenvalue weighted by Crippen LogP contribution is -2.29. The Bertz CT molecular complexity index is 564. The second-order valence-electron chi connectivity index (χ2n) is 5.58. The number of rotatable bonds is 2. The first-order chi connectivity index (χ1) is 9.56. The van der Waals surface area contributed by atoms with Crippen LogP contribution in [0.3, 0.4) is 0 Å². The summed E-state index contributed by atoms with van der Waals surface area (Å²) >= 11 is 5.77. The first-order valence-electron chi connectivity index (χ1n) is 6.79. The number of nitro benzene ring substituents is 1. The standard InChI is InChI=1S/C14H15ClN2O3/c15-12-5-4-9(6-13(12)17(19)20)14(18)16-7-10-2-1-3-11(10)8-16/h4-6,10-11H,1-3,7-8H2. The number of hydrogen-bond donors (Lipinski definition) is 0. The zero-order chi connectivity index (χ0) is 14.3. The molecule has 2 fully saturated rings. The Morgan fingerprint density at radius 1 is 1.30 bits per heavy atom. The highest BCUT2D eigenvalue weighted by Gasteiger charge is 2.38. The number of carbonyl (C=O) groups is 1. The van der Waals surface area contributed by atoms with E-state index in [9.17, 15) is 14.9 Å². The van der Waals surface area contributed by atoms with Crippen LogP contribution in [0.1, 0.15) is 29.6 Å². The van der Waals surface area contributed by atoms with Crippen LogP contribution in [-0.2, 0) is 0 Å². The molecule has 0 spiro atoms. The molecule has 3 rings (SSSR count). The highest BCUT2D eigenvalue weighted by Crippen LogP contribution is 2.38. The smallest absolute Gasteiger partial charge is 0.288 e. The molecule has 2 unspecified atom stereocenters. The molecule has 5 nitrogen and oxygen atoms in total. The molecule has 0 radical (unpaired) electrons. The highest BCUT2D eigenvalue weighted by molar-refractivity contribution is 6.32. The number of halogens is 1. The molecule has 1 heterocycles. The van der Waals surface area contributed by atoms with Crippen LogP contribution in [0.4, 0.5) is 5.69 Å². The van der Waals surface area contributed by atoms with E-state index < -0.39 is 4.92 Å². The van der Waals surface area contributed by atoms with E-state index in [0.717, 1.165) is 13.1 Å². The van der Waals surface area contributed by atoms with Gasteiger partial charge in [0.1, 0.15) is 5.02 Å². The van der Waals surface area contributed by atoms with E-state index in [1.54, 1.807) is 6.07 Å². The van der Waals surface area contributed by atoms with E-state index in [-0.39, 0.29) is 16.6 Å². The van der Waals surface area contributed by atoms with E-state index in [1.807, 2.05) is 4.90 Å². The average molecular weight is 295 g/mol. The summed E-state index contributed by atoms with van der Waals surface area (Å²) in [5.74, 6) is 1.10. The molecule has 1 aromatic rings. The molecule has 0 N–H and O–H groups in total. The van der Waals surface area contributed by atoms with Gasteiger partial charge in [-0.1, -0.05) is 18.0 Å². The summed E-state index contributed by atoms with van der Waals surface area (Å²) in [6.45, 7) is 1.56. The third-order valence-corrected chi connectivity index (χ3v) is 4.72. The van der Waals surface area contributed by atoms with Gasteiger partial charge in [0.25, 0.3) is 11.6 Å². The van der Waals surface area contributed by atoms with Gasteiger partial charge in [-0.05, 0) is 36.8 Å². The van der Waals surface area contributed by atoms with Crippen LogP contribution < -0.4 is 0 Å². The van der Waals surface area contributed by atoms with Crippen molar-refractivity contribution in [2.75, 3.05) is 13.1 Å². The molecule has 106 valence electrons. The maximum atomic E-state index is 12.4. The number of hydrogen-bond acceptors (Lipinski definition) is 3. The summed E-state index contributed by atoms with van der Waals surface area (Å²) in [4.78, 5) is 24.6. The van der Waals surface area contributed by atoms with E-state index in [1.165, 1.54) is 31.4 Å². The normalized spacial score (nSPS) is 24.8. The number of fused-ring (bicyclic) bond motifs is 1. The quantitative estimate of drug-likeness (QED) is 0.622. The van der Waals surface area contributed by atoms with Crippen LogP contribution in [0, 0.1) is 22.0 Å². The Hall–Kier alpha value is -1.62. The number of nitro groups is 1. The second-order valence-corrected chi connectivity index (χ2v) is 5.99. The van der Waals surface area contributed by atoms with E-state index in [2.05, 4.69) is 0 Å². The highest BCUT2D eigenvalue weighted by atomic mass is 35.5. The molecule has 1 aromatic carbocycles. The lowest BCUT2D eigenvalue weighted by Gasteiger charge is -2.17. The lowest BCUT2D eigenvalue weighted by molar-refractivity contribution is -0.384. The molecule has 2 atom stereocenters.